The van der Waals surface area contributed by atoms with E-state index < -0.39 is 31.7 Å². The van der Waals surface area contributed by atoms with Gasteiger partial charge in [0.05, 0.1) is 11.6 Å². The summed E-state index contributed by atoms with van der Waals surface area (Å²) in [7, 11) is -4.60. The third-order valence-corrected chi connectivity index (χ3v) is 6.34. The molecule has 0 saturated carbocycles. The lowest BCUT2D eigenvalue weighted by atomic mass is 10.1. The molecule has 3 aromatic rings. The van der Waals surface area contributed by atoms with Gasteiger partial charge in [-0.3, -0.25) is 14.5 Å². The number of hydrogen-bond acceptors (Lipinski definition) is 8. The number of phosphoric acid groups is 1. The van der Waals surface area contributed by atoms with Crippen LogP contribution in [-0.2, 0) is 25.2 Å². The number of halogens is 2. The number of hydroxylamine groups is 1. The third kappa shape index (κ3) is 8.41. The second-order valence-electron chi connectivity index (χ2n) is 8.40. The molecule has 0 radical (unpaired) electrons. The number of carbonyl (C=O) groups excluding carboxylic acids is 2. The smallest absolute Gasteiger partial charge is 0.445 e. The maximum Gasteiger partial charge on any atom is 0.469 e. The standard InChI is InChI=1S/C24H27ClFN4O8P/c1-15(7-6-12-37-39(34,35)36)38-24(32)30(33)21-13-17-8-3-4-10-19(17)23(28-21)29(16(2)31)27-14-18-9-5-11-20(26)22(18)25/h3-5,8-11,13,15,27,33H,6-7,12,14H2,1-2H3,(H2,34,35,36). The van der Waals surface area contributed by atoms with Gasteiger partial charge < -0.3 is 14.5 Å². The average molecular weight is 585 g/mol. The van der Waals surface area contributed by atoms with E-state index in [4.69, 9.17) is 26.1 Å². The van der Waals surface area contributed by atoms with Crippen LogP contribution in [0.15, 0.2) is 48.5 Å². The van der Waals surface area contributed by atoms with Gasteiger partial charge in [-0.1, -0.05) is 48.0 Å². The number of pyridine rings is 1. The van der Waals surface area contributed by atoms with Crippen molar-refractivity contribution in [1.82, 2.24) is 10.4 Å². The average Bonchev–Trinajstić information content (AvgIpc) is 2.87. The van der Waals surface area contributed by atoms with Crippen LogP contribution in [-0.4, -0.2) is 44.7 Å². The highest BCUT2D eigenvalue weighted by Gasteiger charge is 2.24. The molecule has 0 bridgehead atoms. The zero-order valence-corrected chi connectivity index (χ0v) is 22.6. The van der Waals surface area contributed by atoms with Crippen LogP contribution < -0.4 is 15.5 Å². The van der Waals surface area contributed by atoms with Gasteiger partial charge in [0.1, 0.15) is 11.9 Å². The molecule has 0 spiro atoms. The number of rotatable bonds is 11. The lowest BCUT2D eigenvalue weighted by Crippen LogP contribution is -2.42. The van der Waals surface area contributed by atoms with Crippen LogP contribution in [0.5, 0.6) is 0 Å². The molecule has 1 heterocycles. The lowest BCUT2D eigenvalue weighted by Gasteiger charge is -2.25. The maximum atomic E-state index is 13.9. The largest absolute Gasteiger partial charge is 0.469 e. The van der Waals surface area contributed by atoms with Crippen molar-refractivity contribution in [2.75, 3.05) is 16.7 Å². The van der Waals surface area contributed by atoms with Gasteiger partial charge in [0.2, 0.25) is 5.91 Å². The molecule has 0 aliphatic rings. The van der Waals surface area contributed by atoms with Crippen LogP contribution in [0, 0.1) is 5.82 Å². The van der Waals surface area contributed by atoms with Crippen molar-refractivity contribution in [1.29, 1.82) is 0 Å². The number of phosphoric ester groups is 1. The Balaban J connectivity index is 1.81. The number of ether oxygens (including phenoxy) is 1. The number of hydrogen-bond donors (Lipinski definition) is 4. The monoisotopic (exact) mass is 584 g/mol. The molecule has 2 aromatic carbocycles. The minimum atomic E-state index is -4.60. The van der Waals surface area contributed by atoms with Crippen molar-refractivity contribution in [2.24, 2.45) is 0 Å². The van der Waals surface area contributed by atoms with Crippen molar-refractivity contribution < 1.29 is 42.8 Å². The normalized spacial score (nSPS) is 12.3. The molecule has 0 saturated heterocycles. The van der Waals surface area contributed by atoms with Crippen LogP contribution in [0.4, 0.5) is 20.8 Å². The van der Waals surface area contributed by atoms with Gasteiger partial charge in [-0.15, -0.1) is 5.06 Å². The van der Waals surface area contributed by atoms with Crippen LogP contribution in [0.2, 0.25) is 5.02 Å². The molecule has 2 amide bonds. The van der Waals surface area contributed by atoms with Crippen molar-refractivity contribution in [3.8, 4) is 0 Å². The highest BCUT2D eigenvalue weighted by Crippen LogP contribution is 2.36. The van der Waals surface area contributed by atoms with Gasteiger partial charge in [-0.05, 0) is 42.8 Å². The molecule has 0 fully saturated rings. The number of carbonyl (C=O) groups is 2. The summed E-state index contributed by atoms with van der Waals surface area (Å²) in [4.78, 5) is 46.9. The molecule has 15 heteroatoms. The second-order valence-corrected chi connectivity index (χ2v) is 10.0. The van der Waals surface area contributed by atoms with Crippen molar-refractivity contribution in [3.63, 3.8) is 0 Å². The zero-order chi connectivity index (χ0) is 28.7. The van der Waals surface area contributed by atoms with Gasteiger partial charge in [-0.25, -0.2) is 29.2 Å². The van der Waals surface area contributed by atoms with Crippen LogP contribution in [0.3, 0.4) is 0 Å². The topological polar surface area (TPSA) is 162 Å². The van der Waals surface area contributed by atoms with E-state index in [2.05, 4.69) is 14.9 Å². The summed E-state index contributed by atoms with van der Waals surface area (Å²) in [5.74, 6) is -1.30. The summed E-state index contributed by atoms with van der Waals surface area (Å²) in [6.07, 6.45) is -1.53. The van der Waals surface area contributed by atoms with E-state index >= 15 is 0 Å². The summed E-state index contributed by atoms with van der Waals surface area (Å²) in [5, 5.41) is 12.8. The predicted octanol–water partition coefficient (Wildman–Crippen LogP) is 4.70. The highest BCUT2D eigenvalue weighted by atomic mass is 35.5. The molecular weight excluding hydrogens is 558 g/mol. The molecular formula is C24H27ClFN4O8P. The Morgan fingerprint density at radius 3 is 2.62 bits per heavy atom. The second kappa shape index (κ2) is 13.3. The Morgan fingerprint density at radius 2 is 1.92 bits per heavy atom. The van der Waals surface area contributed by atoms with E-state index in [1.165, 1.54) is 32.0 Å². The molecule has 1 atom stereocenters. The fraction of sp³-hybridized carbons (Fsp3) is 0.292. The molecule has 12 nitrogen and oxygen atoms in total. The number of amides is 2. The fourth-order valence-electron chi connectivity index (χ4n) is 3.56. The highest BCUT2D eigenvalue weighted by molar-refractivity contribution is 7.46. The first-order chi connectivity index (χ1) is 18.4. The SMILES string of the molecule is CC(=O)N(NCc1cccc(F)c1Cl)c1nc(N(O)C(=O)OC(C)CCCOP(=O)(O)O)cc2ccccc12. The first kappa shape index (κ1) is 30.4. The maximum absolute atomic E-state index is 13.9. The molecule has 210 valence electrons. The van der Waals surface area contributed by atoms with Gasteiger partial charge in [0, 0.05) is 18.9 Å². The summed E-state index contributed by atoms with van der Waals surface area (Å²) < 4.78 is 34.1. The fourth-order valence-corrected chi connectivity index (χ4v) is 4.12. The number of hydrazine groups is 1. The molecule has 39 heavy (non-hydrogen) atoms. The summed E-state index contributed by atoms with van der Waals surface area (Å²) >= 11 is 6.03. The Morgan fingerprint density at radius 1 is 1.21 bits per heavy atom. The lowest BCUT2D eigenvalue weighted by molar-refractivity contribution is -0.117. The minimum Gasteiger partial charge on any atom is -0.445 e. The predicted molar refractivity (Wildman–Crippen MR) is 141 cm³/mol. The summed E-state index contributed by atoms with van der Waals surface area (Å²) in [5.41, 5.74) is 3.25. The van der Waals surface area contributed by atoms with Crippen molar-refractivity contribution in [2.45, 2.75) is 39.3 Å². The number of aromatic nitrogens is 1. The molecule has 0 aliphatic heterocycles. The van der Waals surface area contributed by atoms with E-state index in [9.17, 15) is 23.8 Å². The summed E-state index contributed by atoms with van der Waals surface area (Å²) in [6, 6.07) is 12.5. The number of benzene rings is 2. The quantitative estimate of drug-likeness (QED) is 0.108. The Bertz CT molecular complexity index is 1390. The molecule has 0 aliphatic carbocycles. The number of nitrogens with one attached hydrogen (secondary N) is 1. The van der Waals surface area contributed by atoms with Crippen LogP contribution >= 0.6 is 19.4 Å². The van der Waals surface area contributed by atoms with Crippen molar-refractivity contribution in [3.05, 3.63) is 64.9 Å². The Hall–Kier alpha value is -3.16. The Labute approximate surface area is 228 Å². The summed E-state index contributed by atoms with van der Waals surface area (Å²) in [6.45, 7) is 2.51. The third-order valence-electron chi connectivity index (χ3n) is 5.40. The number of nitrogens with zero attached hydrogens (tertiary/aromatic N) is 3. The van der Waals surface area contributed by atoms with Crippen LogP contribution in [0.25, 0.3) is 10.8 Å². The Kier molecular flexibility index (Phi) is 10.3. The van der Waals surface area contributed by atoms with Gasteiger partial charge in [0.15, 0.2) is 11.6 Å². The van der Waals surface area contributed by atoms with E-state index in [0.29, 0.717) is 16.3 Å². The van der Waals surface area contributed by atoms with E-state index in [0.717, 1.165) is 5.01 Å². The minimum absolute atomic E-state index is 0.0372. The molecule has 1 unspecified atom stereocenters. The number of anilines is 2. The first-order valence-corrected chi connectivity index (χ1v) is 13.5. The van der Waals surface area contributed by atoms with E-state index in [-0.39, 0.29) is 47.7 Å². The number of fused-ring (bicyclic) bond motifs is 1. The molecule has 1 aromatic heterocycles. The first-order valence-electron chi connectivity index (χ1n) is 11.6. The van der Waals surface area contributed by atoms with E-state index in [1.807, 2.05) is 0 Å². The molecule has 3 rings (SSSR count). The van der Waals surface area contributed by atoms with Gasteiger partial charge in [-0.2, -0.15) is 0 Å². The van der Waals surface area contributed by atoms with Crippen molar-refractivity contribution >= 4 is 53.8 Å². The van der Waals surface area contributed by atoms with Gasteiger partial charge in [0.25, 0.3) is 0 Å². The molecule has 4 N–H and O–H groups in total. The van der Waals surface area contributed by atoms with E-state index in [1.54, 1.807) is 30.3 Å². The van der Waals surface area contributed by atoms with Gasteiger partial charge >= 0.3 is 13.9 Å². The van der Waals surface area contributed by atoms with Crippen LogP contribution in [0.1, 0.15) is 32.3 Å². The zero-order valence-electron chi connectivity index (χ0n) is 21.0.